The molecule has 0 radical (unpaired) electrons. The third-order valence-corrected chi connectivity index (χ3v) is 3.63. The lowest BCUT2D eigenvalue weighted by Crippen LogP contribution is -2.47. The van der Waals surface area contributed by atoms with Crippen LogP contribution in [0.5, 0.6) is 5.75 Å². The van der Waals surface area contributed by atoms with Crippen LogP contribution in [0.2, 0.25) is 0 Å². The fraction of sp³-hybridized carbons (Fsp3) is 0.200. The molecule has 3 rings (SSSR count). The van der Waals surface area contributed by atoms with E-state index in [9.17, 15) is 9.59 Å². The number of amides is 2. The number of nitrogens with zero attached hydrogens (tertiary/aromatic N) is 2. The van der Waals surface area contributed by atoms with Gasteiger partial charge in [-0.25, -0.2) is 0 Å². The molecule has 2 heterocycles. The van der Waals surface area contributed by atoms with E-state index in [1.54, 1.807) is 31.2 Å². The third kappa shape index (κ3) is 2.44. The number of methoxy groups -OCH3 is 1. The Labute approximate surface area is 132 Å². The number of nitrogens with two attached hydrogens (primary N) is 1. The van der Waals surface area contributed by atoms with E-state index in [0.29, 0.717) is 17.1 Å². The number of carbonyl (C=O) groups excluding carboxylic acids is 2. The smallest absolute Gasteiger partial charge is 0.259 e. The van der Waals surface area contributed by atoms with Gasteiger partial charge in [0.25, 0.3) is 5.91 Å². The number of rotatable bonds is 3. The van der Waals surface area contributed by atoms with E-state index in [1.165, 1.54) is 7.11 Å². The number of benzene rings is 1. The maximum atomic E-state index is 12.7. The summed E-state index contributed by atoms with van der Waals surface area (Å²) in [6.07, 6.45) is 0. The maximum absolute atomic E-state index is 12.7. The summed E-state index contributed by atoms with van der Waals surface area (Å²) in [6.45, 7) is 1.63. The van der Waals surface area contributed by atoms with E-state index in [0.717, 1.165) is 0 Å². The lowest BCUT2D eigenvalue weighted by Gasteiger charge is -2.23. The Bertz CT molecular complexity index is 794. The molecule has 0 spiro atoms. The fourth-order valence-corrected chi connectivity index (χ4v) is 2.55. The van der Waals surface area contributed by atoms with Gasteiger partial charge in [-0.1, -0.05) is 12.1 Å². The van der Waals surface area contributed by atoms with Crippen LogP contribution in [0.4, 0.5) is 5.69 Å². The van der Waals surface area contributed by atoms with E-state index >= 15 is 0 Å². The molecule has 118 valence electrons. The molecule has 2 aliphatic heterocycles. The number of hydrogen-bond acceptors (Lipinski definition) is 6. The number of anilines is 1. The molecule has 1 aromatic rings. The van der Waals surface area contributed by atoms with Gasteiger partial charge >= 0.3 is 0 Å². The number of amidine groups is 1. The number of ether oxygens (including phenoxy) is 1. The van der Waals surface area contributed by atoms with Crippen LogP contribution in [0.25, 0.3) is 0 Å². The highest BCUT2D eigenvalue weighted by Gasteiger charge is 2.41. The predicted octanol–water partition coefficient (Wildman–Crippen LogP) is 0.380. The zero-order valence-corrected chi connectivity index (χ0v) is 12.6. The standard InChI is InChI=1S/C15H15N5O3/c1-7-10(12-11(15(22)17-7)13(16)20-19-12)14(21)18-8-5-3-4-6-9(8)23-2/h3-6,11H,1-2H3,(H2,16,20)(H,17,22)(H,18,21). The van der Waals surface area contributed by atoms with Gasteiger partial charge in [-0.15, -0.1) is 5.10 Å². The first kappa shape index (κ1) is 14.8. The Morgan fingerprint density at radius 2 is 2.09 bits per heavy atom. The number of allylic oxidation sites excluding steroid dienone is 1. The van der Waals surface area contributed by atoms with E-state index < -0.39 is 11.8 Å². The van der Waals surface area contributed by atoms with Crippen LogP contribution >= 0.6 is 0 Å². The van der Waals surface area contributed by atoms with Crippen LogP contribution in [0, 0.1) is 5.92 Å². The van der Waals surface area contributed by atoms with Crippen molar-refractivity contribution in [3.63, 3.8) is 0 Å². The van der Waals surface area contributed by atoms with Gasteiger partial charge in [-0.05, 0) is 19.1 Å². The highest BCUT2D eigenvalue weighted by atomic mass is 16.5. The van der Waals surface area contributed by atoms with E-state index in [1.807, 2.05) is 0 Å². The minimum Gasteiger partial charge on any atom is -0.495 e. The molecular formula is C15H15N5O3. The summed E-state index contributed by atoms with van der Waals surface area (Å²) in [6, 6.07) is 7.02. The average molecular weight is 313 g/mol. The van der Waals surface area contributed by atoms with Crippen LogP contribution in [0.1, 0.15) is 6.92 Å². The Balaban J connectivity index is 1.93. The second-order valence-electron chi connectivity index (χ2n) is 5.09. The van der Waals surface area contributed by atoms with Crippen LogP contribution < -0.4 is 21.1 Å². The molecule has 8 heteroatoms. The van der Waals surface area contributed by atoms with Gasteiger partial charge in [-0.2, -0.15) is 5.10 Å². The van der Waals surface area contributed by atoms with Crippen molar-refractivity contribution >= 4 is 29.0 Å². The quantitative estimate of drug-likeness (QED) is 0.747. The lowest BCUT2D eigenvalue weighted by atomic mass is 9.90. The number of para-hydroxylation sites is 2. The normalized spacial score (nSPS) is 19.6. The Kier molecular flexibility index (Phi) is 3.57. The van der Waals surface area contributed by atoms with E-state index in [2.05, 4.69) is 20.8 Å². The summed E-state index contributed by atoms with van der Waals surface area (Å²) in [5.41, 5.74) is 7.12. The molecule has 0 saturated heterocycles. The van der Waals surface area contributed by atoms with Gasteiger partial charge in [0.1, 0.15) is 17.5 Å². The van der Waals surface area contributed by atoms with Crippen LogP contribution in [-0.2, 0) is 9.59 Å². The van der Waals surface area contributed by atoms with Crippen LogP contribution in [0.15, 0.2) is 45.7 Å². The Hall–Kier alpha value is -3.16. The van der Waals surface area contributed by atoms with Crippen molar-refractivity contribution in [1.29, 1.82) is 0 Å². The first-order valence-electron chi connectivity index (χ1n) is 6.90. The van der Waals surface area contributed by atoms with Crippen LogP contribution in [0.3, 0.4) is 0 Å². The predicted molar refractivity (Wildman–Crippen MR) is 85.0 cm³/mol. The molecule has 0 aliphatic carbocycles. The van der Waals surface area contributed by atoms with E-state index in [-0.39, 0.29) is 23.0 Å². The van der Waals surface area contributed by atoms with Crippen molar-refractivity contribution in [2.75, 3.05) is 12.4 Å². The molecule has 1 aromatic carbocycles. The van der Waals surface area contributed by atoms with Gasteiger partial charge in [0.15, 0.2) is 0 Å². The molecule has 2 aliphatic rings. The van der Waals surface area contributed by atoms with Crippen molar-refractivity contribution in [3.05, 3.63) is 35.5 Å². The van der Waals surface area contributed by atoms with Gasteiger partial charge in [0, 0.05) is 5.70 Å². The number of nitrogens with one attached hydrogen (secondary N) is 2. The second-order valence-corrected chi connectivity index (χ2v) is 5.09. The molecule has 0 bridgehead atoms. The lowest BCUT2D eigenvalue weighted by molar-refractivity contribution is -0.120. The summed E-state index contributed by atoms with van der Waals surface area (Å²) >= 11 is 0. The zero-order valence-electron chi connectivity index (χ0n) is 12.6. The minimum absolute atomic E-state index is 0.0765. The first-order chi connectivity index (χ1) is 11.0. The molecule has 0 fully saturated rings. The SMILES string of the molecule is COc1ccccc1NC(=O)C1=C(C)NC(=O)C2C(N)=NN=C12. The molecule has 2 amide bonds. The Morgan fingerprint density at radius 3 is 2.83 bits per heavy atom. The van der Waals surface area contributed by atoms with Gasteiger partial charge in [0.2, 0.25) is 5.91 Å². The second kappa shape index (κ2) is 5.56. The van der Waals surface area contributed by atoms with Crippen molar-refractivity contribution in [2.24, 2.45) is 21.9 Å². The maximum Gasteiger partial charge on any atom is 0.259 e. The number of carbonyl (C=O) groups is 2. The van der Waals surface area contributed by atoms with Crippen molar-refractivity contribution in [1.82, 2.24) is 5.32 Å². The third-order valence-electron chi connectivity index (χ3n) is 3.63. The number of hydrogen-bond donors (Lipinski definition) is 3. The van der Waals surface area contributed by atoms with Gasteiger partial charge < -0.3 is 21.1 Å². The molecule has 0 aromatic heterocycles. The molecular weight excluding hydrogens is 298 g/mol. The van der Waals surface area contributed by atoms with Gasteiger partial charge in [0.05, 0.1) is 24.1 Å². The average Bonchev–Trinajstić information content (AvgIpc) is 2.90. The molecule has 23 heavy (non-hydrogen) atoms. The summed E-state index contributed by atoms with van der Waals surface area (Å²) in [5.74, 6) is -0.973. The van der Waals surface area contributed by atoms with Crippen LogP contribution in [-0.4, -0.2) is 30.5 Å². The topological polar surface area (TPSA) is 118 Å². The van der Waals surface area contributed by atoms with Gasteiger partial charge in [-0.3, -0.25) is 9.59 Å². The molecule has 1 atom stereocenters. The summed E-state index contributed by atoms with van der Waals surface area (Å²) < 4.78 is 5.21. The highest BCUT2D eigenvalue weighted by molar-refractivity contribution is 6.38. The largest absolute Gasteiger partial charge is 0.495 e. The summed E-state index contributed by atoms with van der Waals surface area (Å²) in [4.78, 5) is 24.6. The molecule has 1 unspecified atom stereocenters. The molecule has 8 nitrogen and oxygen atoms in total. The minimum atomic E-state index is -0.822. The fourth-order valence-electron chi connectivity index (χ4n) is 2.55. The van der Waals surface area contributed by atoms with Crippen molar-refractivity contribution in [3.8, 4) is 5.75 Å². The first-order valence-corrected chi connectivity index (χ1v) is 6.90. The van der Waals surface area contributed by atoms with E-state index in [4.69, 9.17) is 10.5 Å². The summed E-state index contributed by atoms with van der Waals surface area (Å²) in [7, 11) is 1.52. The summed E-state index contributed by atoms with van der Waals surface area (Å²) in [5, 5.41) is 13.0. The molecule has 0 saturated carbocycles. The molecule has 4 N–H and O–H groups in total. The van der Waals surface area contributed by atoms with Crippen molar-refractivity contribution in [2.45, 2.75) is 6.92 Å². The van der Waals surface area contributed by atoms with Crippen molar-refractivity contribution < 1.29 is 14.3 Å². The zero-order chi connectivity index (χ0) is 16.6. The highest BCUT2D eigenvalue weighted by Crippen LogP contribution is 2.27. The Morgan fingerprint density at radius 1 is 1.35 bits per heavy atom. The monoisotopic (exact) mass is 313 g/mol. The number of fused-ring (bicyclic) bond motifs is 1.